The number of halogens is 4. The molecule has 5 heteroatoms. The van der Waals surface area contributed by atoms with E-state index in [1.165, 1.54) is 12.1 Å². The lowest BCUT2D eigenvalue weighted by Crippen LogP contribution is -2.05. The molecule has 0 amide bonds. The van der Waals surface area contributed by atoms with Gasteiger partial charge in [0.05, 0.1) is 11.7 Å². The molecule has 1 rings (SSSR count). The van der Waals surface area contributed by atoms with Crippen LogP contribution in [0.4, 0.5) is 13.2 Å². The lowest BCUT2D eigenvalue weighted by atomic mass is 10.1. The Bertz CT molecular complexity index is 398. The van der Waals surface area contributed by atoms with Crippen molar-refractivity contribution in [3.8, 4) is 0 Å². The molecule has 0 radical (unpaired) electrons. The minimum atomic E-state index is -4.35. The number of hydrogen-bond donors (Lipinski definition) is 1. The zero-order valence-corrected chi connectivity index (χ0v) is 11.1. The molecule has 0 aliphatic heterocycles. The molecule has 1 nitrogen and oxygen atoms in total. The van der Waals surface area contributed by atoms with Crippen LogP contribution in [0.25, 0.3) is 0 Å². The van der Waals surface area contributed by atoms with E-state index in [-0.39, 0.29) is 0 Å². The Morgan fingerprint density at radius 3 is 2.32 bits per heavy atom. The molecule has 0 aliphatic carbocycles. The average molecular weight is 293 g/mol. The lowest BCUT2D eigenvalue weighted by molar-refractivity contribution is -0.137. The number of aliphatic hydroxyl groups is 1. The van der Waals surface area contributed by atoms with Crippen molar-refractivity contribution in [2.24, 2.45) is 0 Å². The quantitative estimate of drug-likeness (QED) is 0.457. The molecule has 0 aliphatic rings. The third-order valence-corrected chi connectivity index (χ3v) is 2.92. The van der Waals surface area contributed by atoms with Gasteiger partial charge >= 0.3 is 6.18 Å². The number of hydrogen-bond acceptors (Lipinski definition) is 1. The Labute approximate surface area is 115 Å². The second-order valence-electron chi connectivity index (χ2n) is 4.18. The molecule has 0 heterocycles. The van der Waals surface area contributed by atoms with Gasteiger partial charge < -0.3 is 5.11 Å². The summed E-state index contributed by atoms with van der Waals surface area (Å²) in [6.07, 6.45) is 0.803. The number of unbranched alkanes of at least 4 members (excludes halogenated alkanes) is 2. The Balaban J connectivity index is 2.55. The van der Waals surface area contributed by atoms with Gasteiger partial charge in [-0.15, -0.1) is 11.6 Å². The fourth-order valence-corrected chi connectivity index (χ4v) is 1.75. The van der Waals surface area contributed by atoms with Gasteiger partial charge in [-0.3, -0.25) is 0 Å². The summed E-state index contributed by atoms with van der Waals surface area (Å²) >= 11 is 5.53. The Hall–Kier alpha value is -1.00. The van der Waals surface area contributed by atoms with Gasteiger partial charge in [0.25, 0.3) is 0 Å². The predicted octanol–water partition coefficient (Wildman–Crippen LogP) is 4.70. The van der Waals surface area contributed by atoms with Crippen LogP contribution in [0.3, 0.4) is 0 Å². The van der Waals surface area contributed by atoms with E-state index >= 15 is 0 Å². The Kier molecular flexibility index (Phi) is 6.38. The van der Waals surface area contributed by atoms with Gasteiger partial charge in [-0.2, -0.15) is 13.2 Å². The van der Waals surface area contributed by atoms with Crippen LogP contribution in [0.1, 0.15) is 36.5 Å². The number of aliphatic hydroxyl groups excluding tert-OH is 1. The third-order valence-electron chi connectivity index (χ3n) is 2.65. The number of benzene rings is 1. The second-order valence-corrected chi connectivity index (χ2v) is 4.56. The second kappa shape index (κ2) is 7.56. The van der Waals surface area contributed by atoms with Crippen LogP contribution in [0, 0.1) is 0 Å². The molecule has 0 bridgehead atoms. The van der Waals surface area contributed by atoms with Crippen molar-refractivity contribution < 1.29 is 18.3 Å². The standard InChI is InChI=1S/C14H16ClF3O/c15-10-4-2-1-3-5-13(19)11-6-8-12(9-7-11)14(16,17)18/h3,5-9,13,19H,1-2,4,10H2/b5-3-. The molecule has 0 spiro atoms. The first-order valence-corrected chi connectivity index (χ1v) is 6.56. The molecule has 0 fully saturated rings. The predicted molar refractivity (Wildman–Crippen MR) is 70.1 cm³/mol. The molecule has 1 aromatic rings. The maximum Gasteiger partial charge on any atom is 0.416 e. The van der Waals surface area contributed by atoms with E-state index in [4.69, 9.17) is 11.6 Å². The number of allylic oxidation sites excluding steroid dienone is 1. The van der Waals surface area contributed by atoms with Crippen molar-refractivity contribution in [1.29, 1.82) is 0 Å². The minimum absolute atomic E-state index is 0.446. The highest BCUT2D eigenvalue weighted by Crippen LogP contribution is 2.30. The smallest absolute Gasteiger partial charge is 0.384 e. The average Bonchev–Trinajstić information content (AvgIpc) is 2.37. The lowest BCUT2D eigenvalue weighted by Gasteiger charge is -2.09. The topological polar surface area (TPSA) is 20.2 Å². The van der Waals surface area contributed by atoms with Crippen LogP contribution in [-0.4, -0.2) is 11.0 Å². The summed E-state index contributed by atoms with van der Waals surface area (Å²) in [7, 11) is 0. The molecule has 106 valence electrons. The molecule has 0 saturated heterocycles. The van der Waals surface area contributed by atoms with Crippen LogP contribution in [0.2, 0.25) is 0 Å². The van der Waals surface area contributed by atoms with Gasteiger partial charge in [0.1, 0.15) is 0 Å². The van der Waals surface area contributed by atoms with Crippen LogP contribution >= 0.6 is 11.6 Å². The van der Waals surface area contributed by atoms with Gasteiger partial charge in [0.2, 0.25) is 0 Å². The van der Waals surface area contributed by atoms with Crippen LogP contribution in [-0.2, 0) is 6.18 Å². The first kappa shape index (κ1) is 16.1. The van der Waals surface area contributed by atoms with E-state index in [0.717, 1.165) is 31.4 Å². The molecule has 0 aromatic heterocycles. The zero-order chi connectivity index (χ0) is 14.3. The summed E-state index contributed by atoms with van der Waals surface area (Å²) < 4.78 is 37.1. The van der Waals surface area contributed by atoms with E-state index in [1.54, 1.807) is 6.08 Å². The van der Waals surface area contributed by atoms with Crippen molar-refractivity contribution in [1.82, 2.24) is 0 Å². The molecular weight excluding hydrogens is 277 g/mol. The fourth-order valence-electron chi connectivity index (χ4n) is 1.56. The number of alkyl halides is 4. The highest BCUT2D eigenvalue weighted by atomic mass is 35.5. The normalized spacial score (nSPS) is 13.9. The molecule has 19 heavy (non-hydrogen) atoms. The number of rotatable bonds is 6. The monoisotopic (exact) mass is 292 g/mol. The third kappa shape index (κ3) is 5.66. The van der Waals surface area contributed by atoms with Gasteiger partial charge in [-0.1, -0.05) is 24.3 Å². The van der Waals surface area contributed by atoms with Crippen molar-refractivity contribution in [2.45, 2.75) is 31.5 Å². The van der Waals surface area contributed by atoms with Crippen molar-refractivity contribution in [3.05, 3.63) is 47.5 Å². The molecule has 1 N–H and O–H groups in total. The van der Waals surface area contributed by atoms with Crippen LogP contribution < -0.4 is 0 Å². The summed E-state index contributed by atoms with van der Waals surface area (Å²) in [6.45, 7) is 0. The largest absolute Gasteiger partial charge is 0.416 e. The highest BCUT2D eigenvalue weighted by Gasteiger charge is 2.30. The van der Waals surface area contributed by atoms with Gasteiger partial charge in [0, 0.05) is 5.88 Å². The highest BCUT2D eigenvalue weighted by molar-refractivity contribution is 6.17. The van der Waals surface area contributed by atoms with Gasteiger partial charge in [0.15, 0.2) is 0 Å². The van der Waals surface area contributed by atoms with Crippen molar-refractivity contribution >= 4 is 11.6 Å². The summed E-state index contributed by atoms with van der Waals surface area (Å²) in [5.74, 6) is 0.606. The van der Waals surface area contributed by atoms with Crippen molar-refractivity contribution in [3.63, 3.8) is 0 Å². The molecule has 1 atom stereocenters. The molecule has 0 saturated carbocycles. The van der Waals surface area contributed by atoms with E-state index < -0.39 is 17.8 Å². The summed E-state index contributed by atoms with van der Waals surface area (Å²) in [5.41, 5.74) is -0.267. The van der Waals surface area contributed by atoms with Crippen molar-refractivity contribution in [2.75, 3.05) is 5.88 Å². The maximum absolute atomic E-state index is 12.4. The Morgan fingerprint density at radius 2 is 1.79 bits per heavy atom. The molecule has 1 aromatic carbocycles. The molecule has 1 unspecified atom stereocenters. The van der Waals surface area contributed by atoms with Gasteiger partial charge in [-0.05, 0) is 37.0 Å². The van der Waals surface area contributed by atoms with E-state index in [0.29, 0.717) is 11.4 Å². The van der Waals surface area contributed by atoms with E-state index in [9.17, 15) is 18.3 Å². The Morgan fingerprint density at radius 1 is 1.16 bits per heavy atom. The first-order chi connectivity index (χ1) is 8.95. The fraction of sp³-hybridized carbons (Fsp3) is 0.429. The molecular formula is C14H16ClF3O. The first-order valence-electron chi connectivity index (χ1n) is 6.03. The van der Waals surface area contributed by atoms with Gasteiger partial charge in [-0.25, -0.2) is 0 Å². The minimum Gasteiger partial charge on any atom is -0.384 e. The summed E-state index contributed by atoms with van der Waals surface area (Å²) in [6, 6.07) is 4.52. The van der Waals surface area contributed by atoms with Crippen LogP contribution in [0.5, 0.6) is 0 Å². The zero-order valence-electron chi connectivity index (χ0n) is 10.3. The SMILES string of the molecule is OC(/C=C\CCCCCl)c1ccc(C(F)(F)F)cc1. The summed E-state index contributed by atoms with van der Waals surface area (Å²) in [5, 5.41) is 9.78. The van der Waals surface area contributed by atoms with E-state index in [1.807, 2.05) is 6.08 Å². The van der Waals surface area contributed by atoms with Crippen LogP contribution in [0.15, 0.2) is 36.4 Å². The maximum atomic E-state index is 12.4. The van der Waals surface area contributed by atoms with E-state index in [2.05, 4.69) is 0 Å². The summed E-state index contributed by atoms with van der Waals surface area (Å²) in [4.78, 5) is 0.